The Morgan fingerprint density at radius 1 is 1.14 bits per heavy atom. The van der Waals surface area contributed by atoms with Crippen LogP contribution < -0.4 is 11.1 Å². The number of para-hydroxylation sites is 1. The summed E-state index contributed by atoms with van der Waals surface area (Å²) in [6.45, 7) is 9.16. The molecule has 0 radical (unpaired) electrons. The quantitative estimate of drug-likeness (QED) is 0.266. The highest BCUT2D eigenvalue weighted by atomic mass is 32.2. The number of aryl methyl sites for hydroxylation is 3. The number of ether oxygens (including phenoxy) is 1. The second-order valence-corrected chi connectivity index (χ2v) is 9.47. The summed E-state index contributed by atoms with van der Waals surface area (Å²) in [6, 6.07) is 8.02. The molecule has 3 aromatic heterocycles. The van der Waals surface area contributed by atoms with Gasteiger partial charge < -0.3 is 14.9 Å². The van der Waals surface area contributed by atoms with Gasteiger partial charge in [-0.05, 0) is 51.3 Å². The zero-order valence-corrected chi connectivity index (χ0v) is 21.5. The van der Waals surface area contributed by atoms with Crippen LogP contribution in [0.15, 0.2) is 33.8 Å². The lowest BCUT2D eigenvalue weighted by Crippen LogP contribution is -2.26. The molecule has 0 spiro atoms. The fraction of sp³-hybridized carbons (Fsp3) is 0.320. The van der Waals surface area contributed by atoms with Crippen LogP contribution in [0, 0.1) is 20.8 Å². The Morgan fingerprint density at radius 3 is 2.56 bits per heavy atom. The van der Waals surface area contributed by atoms with Gasteiger partial charge in [0.25, 0.3) is 5.91 Å². The Morgan fingerprint density at radius 2 is 1.89 bits per heavy atom. The molecule has 0 aliphatic heterocycles. The minimum atomic E-state index is -0.910. The molecule has 0 saturated heterocycles. The molecule has 36 heavy (non-hydrogen) atoms. The minimum Gasteiger partial charge on any atom is -0.462 e. The van der Waals surface area contributed by atoms with Gasteiger partial charge in [0.2, 0.25) is 11.8 Å². The van der Waals surface area contributed by atoms with Crippen LogP contribution in [0.4, 0.5) is 5.88 Å². The van der Waals surface area contributed by atoms with Crippen LogP contribution in [0.25, 0.3) is 16.6 Å². The number of primary amides is 1. The van der Waals surface area contributed by atoms with Crippen LogP contribution in [-0.4, -0.2) is 44.2 Å². The standard InChI is InChI=1S/C25H27N5O5S/c1-6-16(22(32)27-23-19(21(26)31)18(14(5)35-23)24(33)34-7-2)36-25-29-28-17-11-13(4)15-10-8-9-12(3)20(15)30(17)25/h8-11,16H,6-7H2,1-5H3,(H2,26,31)(H,27,32). The Balaban J connectivity index is 1.68. The van der Waals surface area contributed by atoms with E-state index in [9.17, 15) is 14.4 Å². The Bertz CT molecular complexity index is 1510. The fourth-order valence-corrected chi connectivity index (χ4v) is 5.13. The van der Waals surface area contributed by atoms with E-state index >= 15 is 0 Å². The van der Waals surface area contributed by atoms with Crippen molar-refractivity contribution in [2.45, 2.75) is 51.4 Å². The number of carbonyl (C=O) groups is 3. The number of furan rings is 1. The molecule has 0 aliphatic rings. The number of anilines is 1. The zero-order chi connectivity index (χ0) is 26.1. The topological polar surface area (TPSA) is 142 Å². The zero-order valence-electron chi connectivity index (χ0n) is 20.7. The Labute approximate surface area is 211 Å². The molecule has 188 valence electrons. The van der Waals surface area contributed by atoms with Crippen molar-refractivity contribution in [3.8, 4) is 0 Å². The van der Waals surface area contributed by atoms with Crippen LogP contribution in [0.1, 0.15) is 57.9 Å². The summed E-state index contributed by atoms with van der Waals surface area (Å²) in [7, 11) is 0. The van der Waals surface area contributed by atoms with Gasteiger partial charge in [-0.2, -0.15) is 0 Å². The van der Waals surface area contributed by atoms with Crippen LogP contribution in [0.5, 0.6) is 0 Å². The maximum Gasteiger partial charge on any atom is 0.342 e. The van der Waals surface area contributed by atoms with Crippen molar-refractivity contribution in [2.75, 3.05) is 11.9 Å². The SMILES string of the molecule is CCOC(=O)c1c(C)oc(NC(=O)C(CC)Sc2nnc3cc(C)c4cccc(C)c4n23)c1C(N)=O. The molecule has 4 aromatic rings. The number of nitrogens with one attached hydrogen (secondary N) is 1. The summed E-state index contributed by atoms with van der Waals surface area (Å²) in [5.41, 5.74) is 9.00. The number of amides is 2. The van der Waals surface area contributed by atoms with E-state index in [1.165, 1.54) is 18.7 Å². The molecule has 1 unspecified atom stereocenters. The number of nitrogens with two attached hydrogens (primary N) is 1. The first-order chi connectivity index (χ1) is 17.2. The molecule has 3 N–H and O–H groups in total. The van der Waals surface area contributed by atoms with E-state index in [1.54, 1.807) is 6.92 Å². The lowest BCUT2D eigenvalue weighted by atomic mass is 10.1. The third-order valence-corrected chi connectivity index (χ3v) is 7.16. The largest absolute Gasteiger partial charge is 0.462 e. The highest BCUT2D eigenvalue weighted by molar-refractivity contribution is 8.00. The maximum atomic E-state index is 13.3. The highest BCUT2D eigenvalue weighted by Crippen LogP contribution is 2.32. The molecule has 2 amide bonds. The number of rotatable bonds is 8. The Hall–Kier alpha value is -3.86. The molecule has 10 nitrogen and oxygen atoms in total. The summed E-state index contributed by atoms with van der Waals surface area (Å²) < 4.78 is 12.5. The molecule has 1 atom stereocenters. The molecule has 0 bridgehead atoms. The third kappa shape index (κ3) is 4.41. The van der Waals surface area contributed by atoms with Crippen molar-refractivity contribution < 1.29 is 23.5 Å². The number of nitrogens with zero attached hydrogens (tertiary/aromatic N) is 3. The second kappa shape index (κ2) is 10.0. The van der Waals surface area contributed by atoms with Gasteiger partial charge in [-0.3, -0.25) is 19.3 Å². The van der Waals surface area contributed by atoms with Crippen LogP contribution in [0.2, 0.25) is 0 Å². The van der Waals surface area contributed by atoms with Gasteiger partial charge in [-0.15, -0.1) is 10.2 Å². The van der Waals surface area contributed by atoms with Crippen molar-refractivity contribution in [1.29, 1.82) is 0 Å². The van der Waals surface area contributed by atoms with E-state index in [4.69, 9.17) is 14.9 Å². The molecule has 1 aromatic carbocycles. The first-order valence-corrected chi connectivity index (χ1v) is 12.4. The number of carbonyl (C=O) groups excluding carboxylic acids is 3. The average molecular weight is 510 g/mol. The van der Waals surface area contributed by atoms with Gasteiger partial charge in [0.05, 0.1) is 17.4 Å². The van der Waals surface area contributed by atoms with Gasteiger partial charge in [-0.1, -0.05) is 36.9 Å². The van der Waals surface area contributed by atoms with Crippen molar-refractivity contribution in [2.24, 2.45) is 5.73 Å². The number of pyridine rings is 1. The number of aromatic nitrogens is 3. The minimum absolute atomic E-state index is 0.0962. The fourth-order valence-electron chi connectivity index (χ4n) is 4.17. The number of thioether (sulfide) groups is 1. The van der Waals surface area contributed by atoms with Crippen LogP contribution in [0.3, 0.4) is 0 Å². The van der Waals surface area contributed by atoms with Crippen molar-refractivity contribution in [1.82, 2.24) is 14.6 Å². The predicted molar refractivity (Wildman–Crippen MR) is 136 cm³/mol. The Kier molecular flexibility index (Phi) is 7.02. The lowest BCUT2D eigenvalue weighted by Gasteiger charge is -2.14. The smallest absolute Gasteiger partial charge is 0.342 e. The molecule has 0 fully saturated rings. The van der Waals surface area contributed by atoms with Crippen LogP contribution in [-0.2, 0) is 9.53 Å². The van der Waals surface area contributed by atoms with Crippen molar-refractivity contribution >= 4 is 52.0 Å². The average Bonchev–Trinajstić information content (AvgIpc) is 3.37. The molecule has 0 aliphatic carbocycles. The normalized spacial score (nSPS) is 12.1. The molecular formula is C25H27N5O5S. The summed E-state index contributed by atoms with van der Waals surface area (Å²) in [6.07, 6.45) is 0.449. The van der Waals surface area contributed by atoms with E-state index in [1.807, 2.05) is 49.4 Å². The number of fused-ring (bicyclic) bond motifs is 3. The van der Waals surface area contributed by atoms with E-state index in [-0.39, 0.29) is 29.4 Å². The predicted octanol–water partition coefficient (Wildman–Crippen LogP) is 4.19. The van der Waals surface area contributed by atoms with Gasteiger partial charge in [0, 0.05) is 5.39 Å². The maximum absolute atomic E-state index is 13.3. The van der Waals surface area contributed by atoms with Gasteiger partial charge >= 0.3 is 5.97 Å². The summed E-state index contributed by atoms with van der Waals surface area (Å²) in [4.78, 5) is 37.8. The number of hydrogen-bond acceptors (Lipinski definition) is 8. The molecule has 3 heterocycles. The molecular weight excluding hydrogens is 482 g/mol. The lowest BCUT2D eigenvalue weighted by molar-refractivity contribution is -0.115. The van der Waals surface area contributed by atoms with E-state index in [0.29, 0.717) is 17.2 Å². The van der Waals surface area contributed by atoms with Crippen molar-refractivity contribution in [3.05, 3.63) is 52.3 Å². The second-order valence-electron chi connectivity index (χ2n) is 8.30. The molecule has 4 rings (SSSR count). The molecule has 0 saturated carbocycles. The number of esters is 1. The van der Waals surface area contributed by atoms with E-state index in [0.717, 1.165) is 22.0 Å². The van der Waals surface area contributed by atoms with E-state index in [2.05, 4.69) is 15.5 Å². The van der Waals surface area contributed by atoms with Crippen molar-refractivity contribution in [3.63, 3.8) is 0 Å². The first-order valence-electron chi connectivity index (χ1n) is 11.5. The van der Waals surface area contributed by atoms with Gasteiger partial charge in [-0.25, -0.2) is 4.79 Å². The van der Waals surface area contributed by atoms with Gasteiger partial charge in [0.15, 0.2) is 10.8 Å². The van der Waals surface area contributed by atoms with E-state index < -0.39 is 23.0 Å². The molecule has 11 heteroatoms. The number of benzene rings is 1. The third-order valence-electron chi connectivity index (χ3n) is 5.85. The summed E-state index contributed by atoms with van der Waals surface area (Å²) >= 11 is 1.25. The summed E-state index contributed by atoms with van der Waals surface area (Å²) in [5, 5.41) is 12.3. The highest BCUT2D eigenvalue weighted by Gasteiger charge is 2.31. The van der Waals surface area contributed by atoms with Gasteiger partial charge in [0.1, 0.15) is 16.9 Å². The first kappa shape index (κ1) is 25.2. The summed E-state index contributed by atoms with van der Waals surface area (Å²) in [5.74, 6) is -2.15. The number of hydrogen-bond donors (Lipinski definition) is 2. The van der Waals surface area contributed by atoms with Crippen LogP contribution >= 0.6 is 11.8 Å². The monoisotopic (exact) mass is 509 g/mol.